The van der Waals surface area contributed by atoms with Gasteiger partial charge in [-0.2, -0.15) is 0 Å². The van der Waals surface area contributed by atoms with E-state index in [1.54, 1.807) is 18.5 Å². The van der Waals surface area contributed by atoms with E-state index in [2.05, 4.69) is 15.3 Å². The number of pyridine rings is 1. The van der Waals surface area contributed by atoms with Gasteiger partial charge >= 0.3 is 5.97 Å². The van der Waals surface area contributed by atoms with Gasteiger partial charge in [-0.15, -0.1) is 11.3 Å². The number of hydrogen-bond acceptors (Lipinski definition) is 5. The lowest BCUT2D eigenvalue weighted by atomic mass is 10.4. The number of thiazole rings is 1. The average Bonchev–Trinajstić information content (AvgIpc) is 2.75. The Morgan fingerprint density at radius 2 is 2.29 bits per heavy atom. The highest BCUT2D eigenvalue weighted by Gasteiger charge is 2.08. The van der Waals surface area contributed by atoms with E-state index in [0.29, 0.717) is 16.6 Å². The second kappa shape index (κ2) is 5.11. The van der Waals surface area contributed by atoms with Crippen molar-refractivity contribution < 1.29 is 9.90 Å². The molecule has 0 spiro atoms. The summed E-state index contributed by atoms with van der Waals surface area (Å²) in [6.45, 7) is 0.444. The van der Waals surface area contributed by atoms with Crippen LogP contribution in [0.15, 0.2) is 24.7 Å². The largest absolute Gasteiger partial charge is 0.477 e. The Morgan fingerprint density at radius 3 is 2.94 bits per heavy atom. The van der Waals surface area contributed by atoms with Gasteiger partial charge in [-0.3, -0.25) is 4.98 Å². The molecule has 2 aromatic heterocycles. The van der Waals surface area contributed by atoms with Gasteiger partial charge in [-0.1, -0.05) is 11.6 Å². The number of hydrogen-bond donors (Lipinski definition) is 2. The van der Waals surface area contributed by atoms with Crippen LogP contribution in [0.4, 0.5) is 5.69 Å². The third-order valence-electron chi connectivity index (χ3n) is 1.91. The molecule has 0 aliphatic carbocycles. The quantitative estimate of drug-likeness (QED) is 0.892. The molecule has 2 heterocycles. The standard InChI is InChI=1S/C10H8ClN3O2S/c11-6-1-7(3-12-2-6)13-5-9-14-4-8(17-9)10(15)16/h1-4,13H,5H2,(H,15,16). The lowest BCUT2D eigenvalue weighted by molar-refractivity contribution is 0.0702. The van der Waals surface area contributed by atoms with Crippen LogP contribution in [-0.4, -0.2) is 21.0 Å². The van der Waals surface area contributed by atoms with Crippen LogP contribution in [0, 0.1) is 0 Å². The first-order chi connectivity index (χ1) is 8.15. The number of rotatable bonds is 4. The molecule has 0 radical (unpaired) electrons. The van der Waals surface area contributed by atoms with Crippen molar-refractivity contribution in [2.24, 2.45) is 0 Å². The molecular weight excluding hydrogens is 262 g/mol. The summed E-state index contributed by atoms with van der Waals surface area (Å²) in [6, 6.07) is 1.74. The molecule has 0 saturated carbocycles. The summed E-state index contributed by atoms with van der Waals surface area (Å²) in [4.78, 5) is 18.8. The number of aromatic nitrogens is 2. The first-order valence-electron chi connectivity index (χ1n) is 4.67. The van der Waals surface area contributed by atoms with E-state index in [9.17, 15) is 4.79 Å². The average molecular weight is 270 g/mol. The molecule has 0 amide bonds. The normalized spacial score (nSPS) is 10.2. The molecule has 2 aromatic rings. The third-order valence-corrected chi connectivity index (χ3v) is 3.10. The Bertz CT molecular complexity index is 544. The third kappa shape index (κ3) is 3.15. The molecule has 5 nitrogen and oxygen atoms in total. The van der Waals surface area contributed by atoms with Crippen LogP contribution >= 0.6 is 22.9 Å². The second-order valence-corrected chi connectivity index (χ2v) is 4.72. The molecule has 0 aliphatic rings. The topological polar surface area (TPSA) is 75.1 Å². The number of nitrogens with zero attached hydrogens (tertiary/aromatic N) is 2. The molecule has 17 heavy (non-hydrogen) atoms. The molecule has 7 heteroatoms. The molecule has 2 rings (SSSR count). The summed E-state index contributed by atoms with van der Waals surface area (Å²) >= 11 is 6.92. The fraction of sp³-hybridized carbons (Fsp3) is 0.100. The maximum Gasteiger partial charge on any atom is 0.347 e. The summed E-state index contributed by atoms with van der Waals surface area (Å²) in [6.07, 6.45) is 4.52. The van der Waals surface area contributed by atoms with Gasteiger partial charge in [0, 0.05) is 6.20 Å². The van der Waals surface area contributed by atoms with Crippen LogP contribution in [0.3, 0.4) is 0 Å². The van der Waals surface area contributed by atoms with Gasteiger partial charge in [0.1, 0.15) is 9.88 Å². The molecule has 0 aromatic carbocycles. The summed E-state index contributed by atoms with van der Waals surface area (Å²) in [7, 11) is 0. The fourth-order valence-electron chi connectivity index (χ4n) is 1.18. The smallest absolute Gasteiger partial charge is 0.347 e. The van der Waals surface area contributed by atoms with Crippen molar-refractivity contribution in [1.82, 2.24) is 9.97 Å². The molecule has 0 bridgehead atoms. The van der Waals surface area contributed by atoms with Crippen LogP contribution in [0.1, 0.15) is 14.7 Å². The minimum Gasteiger partial charge on any atom is -0.477 e. The van der Waals surface area contributed by atoms with E-state index in [4.69, 9.17) is 16.7 Å². The van der Waals surface area contributed by atoms with Crippen LogP contribution < -0.4 is 5.32 Å². The van der Waals surface area contributed by atoms with Gasteiger partial charge in [0.2, 0.25) is 0 Å². The Balaban J connectivity index is 2.00. The Morgan fingerprint density at radius 1 is 1.47 bits per heavy atom. The van der Waals surface area contributed by atoms with E-state index in [1.807, 2.05) is 0 Å². The maximum absolute atomic E-state index is 10.7. The summed E-state index contributed by atoms with van der Waals surface area (Å²) in [5.41, 5.74) is 0.768. The van der Waals surface area contributed by atoms with E-state index in [1.165, 1.54) is 6.20 Å². The number of nitrogens with one attached hydrogen (secondary N) is 1. The van der Waals surface area contributed by atoms with Gasteiger partial charge in [-0.25, -0.2) is 9.78 Å². The van der Waals surface area contributed by atoms with E-state index in [-0.39, 0.29) is 4.88 Å². The minimum atomic E-state index is -0.960. The molecule has 0 aliphatic heterocycles. The second-order valence-electron chi connectivity index (χ2n) is 3.17. The first-order valence-corrected chi connectivity index (χ1v) is 5.87. The number of carboxylic acids is 1. The van der Waals surface area contributed by atoms with Gasteiger partial charge < -0.3 is 10.4 Å². The summed E-state index contributed by atoms with van der Waals surface area (Å²) < 4.78 is 0. The monoisotopic (exact) mass is 269 g/mol. The number of carboxylic acid groups (broad SMARTS) is 1. The number of carbonyl (C=O) groups is 1. The van der Waals surface area contributed by atoms with E-state index >= 15 is 0 Å². The zero-order valence-corrected chi connectivity index (χ0v) is 10.1. The Hall–Kier alpha value is -1.66. The van der Waals surface area contributed by atoms with Crippen molar-refractivity contribution in [3.05, 3.63) is 39.6 Å². The predicted octanol–water partition coefficient (Wildman–Crippen LogP) is 2.50. The van der Waals surface area contributed by atoms with Crippen molar-refractivity contribution >= 4 is 34.6 Å². The first kappa shape index (κ1) is 11.8. The van der Waals surface area contributed by atoms with Gasteiger partial charge in [0.05, 0.1) is 29.6 Å². The predicted molar refractivity (Wildman–Crippen MR) is 65.6 cm³/mol. The van der Waals surface area contributed by atoms with Crippen molar-refractivity contribution in [3.63, 3.8) is 0 Å². The molecular formula is C10H8ClN3O2S. The maximum atomic E-state index is 10.7. The molecule has 2 N–H and O–H groups in total. The van der Waals surface area contributed by atoms with Crippen LogP contribution in [-0.2, 0) is 6.54 Å². The number of halogens is 1. The lowest BCUT2D eigenvalue weighted by Gasteiger charge is -2.03. The van der Waals surface area contributed by atoms with Crippen LogP contribution in [0.25, 0.3) is 0 Å². The molecule has 0 saturated heterocycles. The van der Waals surface area contributed by atoms with Gasteiger partial charge in [0.15, 0.2) is 0 Å². The number of anilines is 1. The van der Waals surface area contributed by atoms with Gasteiger partial charge in [0.25, 0.3) is 0 Å². The SMILES string of the molecule is O=C(O)c1cnc(CNc2cncc(Cl)c2)s1. The van der Waals surface area contributed by atoms with Crippen molar-refractivity contribution in [1.29, 1.82) is 0 Å². The highest BCUT2D eigenvalue weighted by Crippen LogP contribution is 2.16. The summed E-state index contributed by atoms with van der Waals surface area (Å²) in [5, 5.41) is 13.0. The Labute approximate surface area is 106 Å². The van der Waals surface area contributed by atoms with Crippen molar-refractivity contribution in [3.8, 4) is 0 Å². The zero-order chi connectivity index (χ0) is 12.3. The minimum absolute atomic E-state index is 0.228. The molecule has 88 valence electrons. The molecule has 0 fully saturated rings. The van der Waals surface area contributed by atoms with E-state index in [0.717, 1.165) is 17.0 Å². The van der Waals surface area contributed by atoms with Crippen LogP contribution in [0.2, 0.25) is 5.02 Å². The molecule has 0 atom stereocenters. The highest BCUT2D eigenvalue weighted by molar-refractivity contribution is 7.13. The summed E-state index contributed by atoms with van der Waals surface area (Å²) in [5.74, 6) is -0.960. The van der Waals surface area contributed by atoms with E-state index < -0.39 is 5.97 Å². The van der Waals surface area contributed by atoms with Gasteiger partial charge in [-0.05, 0) is 6.07 Å². The highest BCUT2D eigenvalue weighted by atomic mass is 35.5. The molecule has 0 unspecified atom stereocenters. The number of aromatic carboxylic acids is 1. The Kier molecular flexibility index (Phi) is 3.55. The fourth-order valence-corrected chi connectivity index (χ4v) is 2.05. The lowest BCUT2D eigenvalue weighted by Crippen LogP contribution is -1.98. The van der Waals surface area contributed by atoms with Crippen LogP contribution in [0.5, 0.6) is 0 Å². The zero-order valence-electron chi connectivity index (χ0n) is 8.55. The van der Waals surface area contributed by atoms with Crippen molar-refractivity contribution in [2.45, 2.75) is 6.54 Å². The van der Waals surface area contributed by atoms with Crippen molar-refractivity contribution in [2.75, 3.05) is 5.32 Å².